The predicted octanol–water partition coefficient (Wildman–Crippen LogP) is 3.98. The molecule has 2 aromatic carbocycles. The normalized spacial score (nSPS) is 11.3. The standard InChI is InChI=1S/C15H14BrNO4S2/c1-9-7-11(4-5-12(9)16)23(20,21)17-13-6-3-10(15(18)19)8-14(13)22-2/h3-8,17H,1-2H3,(H,18,19). The highest BCUT2D eigenvalue weighted by atomic mass is 79.9. The van der Waals surface area contributed by atoms with Gasteiger partial charge >= 0.3 is 5.97 Å². The number of nitrogens with one attached hydrogen (secondary N) is 1. The summed E-state index contributed by atoms with van der Waals surface area (Å²) in [5, 5.41) is 9.01. The fourth-order valence-electron chi connectivity index (χ4n) is 1.90. The zero-order valence-corrected chi connectivity index (χ0v) is 15.5. The van der Waals surface area contributed by atoms with Crippen molar-refractivity contribution in [2.75, 3.05) is 11.0 Å². The molecule has 0 bridgehead atoms. The molecule has 2 N–H and O–H groups in total. The summed E-state index contributed by atoms with van der Waals surface area (Å²) in [5.41, 5.74) is 1.26. The lowest BCUT2D eigenvalue weighted by Crippen LogP contribution is -2.14. The van der Waals surface area contributed by atoms with Crippen LogP contribution in [0.25, 0.3) is 0 Å². The summed E-state index contributed by atoms with van der Waals surface area (Å²) in [4.78, 5) is 11.7. The molecule has 0 unspecified atom stereocenters. The number of anilines is 1. The highest BCUT2D eigenvalue weighted by Crippen LogP contribution is 2.29. The minimum absolute atomic E-state index is 0.108. The van der Waals surface area contributed by atoms with Crippen LogP contribution in [-0.4, -0.2) is 25.7 Å². The number of sulfonamides is 1. The van der Waals surface area contributed by atoms with Gasteiger partial charge in [-0.25, -0.2) is 13.2 Å². The molecule has 2 rings (SSSR count). The van der Waals surface area contributed by atoms with Gasteiger partial charge in [0.25, 0.3) is 10.0 Å². The second kappa shape index (κ2) is 6.94. The molecule has 0 radical (unpaired) electrons. The van der Waals surface area contributed by atoms with E-state index in [1.54, 1.807) is 25.3 Å². The number of carboxylic acid groups (broad SMARTS) is 1. The molecule has 0 saturated carbocycles. The van der Waals surface area contributed by atoms with Crippen LogP contribution in [0.2, 0.25) is 0 Å². The van der Waals surface area contributed by atoms with Crippen LogP contribution < -0.4 is 4.72 Å². The monoisotopic (exact) mass is 415 g/mol. The van der Waals surface area contributed by atoms with Crippen LogP contribution in [0.15, 0.2) is 50.7 Å². The fraction of sp³-hybridized carbons (Fsp3) is 0.133. The molecule has 0 saturated heterocycles. The molecule has 2 aromatic rings. The summed E-state index contributed by atoms with van der Waals surface area (Å²) < 4.78 is 28.3. The minimum atomic E-state index is -3.75. The molecular formula is C15H14BrNO4S2. The largest absolute Gasteiger partial charge is 0.478 e. The third-order valence-electron chi connectivity index (χ3n) is 3.13. The van der Waals surface area contributed by atoms with E-state index >= 15 is 0 Å². The third kappa shape index (κ3) is 4.07. The topological polar surface area (TPSA) is 83.5 Å². The van der Waals surface area contributed by atoms with Gasteiger partial charge in [-0.2, -0.15) is 0 Å². The van der Waals surface area contributed by atoms with Gasteiger partial charge in [-0.1, -0.05) is 15.9 Å². The van der Waals surface area contributed by atoms with Crippen LogP contribution in [0, 0.1) is 6.92 Å². The van der Waals surface area contributed by atoms with Crippen molar-refractivity contribution in [1.82, 2.24) is 0 Å². The molecule has 5 nitrogen and oxygen atoms in total. The van der Waals surface area contributed by atoms with Crippen LogP contribution >= 0.6 is 27.7 Å². The zero-order chi connectivity index (χ0) is 17.2. The van der Waals surface area contributed by atoms with Crippen molar-refractivity contribution >= 4 is 49.4 Å². The summed E-state index contributed by atoms with van der Waals surface area (Å²) in [7, 11) is -3.75. The molecule has 0 fully saturated rings. The third-order valence-corrected chi connectivity index (χ3v) is 6.16. The molecule has 0 aliphatic carbocycles. The van der Waals surface area contributed by atoms with Crippen LogP contribution in [-0.2, 0) is 10.0 Å². The maximum Gasteiger partial charge on any atom is 0.335 e. The second-order valence-electron chi connectivity index (χ2n) is 4.74. The predicted molar refractivity (Wildman–Crippen MR) is 94.9 cm³/mol. The number of aromatic carboxylic acids is 1. The Kier molecular flexibility index (Phi) is 5.38. The Bertz CT molecular complexity index is 866. The second-order valence-corrected chi connectivity index (χ2v) is 8.12. The number of carboxylic acids is 1. The Hall–Kier alpha value is -1.51. The van der Waals surface area contributed by atoms with E-state index in [4.69, 9.17) is 5.11 Å². The van der Waals surface area contributed by atoms with Gasteiger partial charge in [0.1, 0.15) is 0 Å². The van der Waals surface area contributed by atoms with Crippen LogP contribution in [0.5, 0.6) is 0 Å². The number of hydrogen-bond acceptors (Lipinski definition) is 4. The van der Waals surface area contributed by atoms with Crippen molar-refractivity contribution in [2.45, 2.75) is 16.7 Å². The Morgan fingerprint density at radius 1 is 1.22 bits per heavy atom. The lowest BCUT2D eigenvalue weighted by molar-refractivity contribution is 0.0696. The highest BCUT2D eigenvalue weighted by molar-refractivity contribution is 9.10. The molecule has 0 spiro atoms. The van der Waals surface area contributed by atoms with Gasteiger partial charge in [0, 0.05) is 9.37 Å². The van der Waals surface area contributed by atoms with Crippen molar-refractivity contribution < 1.29 is 18.3 Å². The molecule has 0 aromatic heterocycles. The minimum Gasteiger partial charge on any atom is -0.478 e. The molecule has 8 heteroatoms. The van der Waals surface area contributed by atoms with E-state index < -0.39 is 16.0 Å². The summed E-state index contributed by atoms with van der Waals surface area (Å²) in [6.45, 7) is 1.80. The average Bonchev–Trinajstić information content (AvgIpc) is 2.49. The summed E-state index contributed by atoms with van der Waals surface area (Å²) >= 11 is 4.60. The van der Waals surface area contributed by atoms with Crippen LogP contribution in [0.3, 0.4) is 0 Å². The average molecular weight is 416 g/mol. The molecule has 0 atom stereocenters. The van der Waals surface area contributed by atoms with Gasteiger partial charge in [0.15, 0.2) is 0 Å². The lowest BCUT2D eigenvalue weighted by atomic mass is 10.2. The SMILES string of the molecule is CSc1cc(C(=O)O)ccc1NS(=O)(=O)c1ccc(Br)c(C)c1. The molecule has 23 heavy (non-hydrogen) atoms. The van der Waals surface area contributed by atoms with Crippen molar-refractivity contribution in [3.05, 3.63) is 52.0 Å². The molecule has 122 valence electrons. The smallest absolute Gasteiger partial charge is 0.335 e. The maximum absolute atomic E-state index is 12.5. The van der Waals surface area contributed by atoms with E-state index in [2.05, 4.69) is 20.7 Å². The van der Waals surface area contributed by atoms with Gasteiger partial charge in [0.2, 0.25) is 0 Å². The first-order valence-electron chi connectivity index (χ1n) is 6.45. The Morgan fingerprint density at radius 2 is 1.91 bits per heavy atom. The van der Waals surface area contributed by atoms with Crippen molar-refractivity contribution in [1.29, 1.82) is 0 Å². The first-order valence-corrected chi connectivity index (χ1v) is 9.95. The van der Waals surface area contributed by atoms with E-state index in [1.165, 1.54) is 36.0 Å². The summed E-state index contributed by atoms with van der Waals surface area (Å²) in [5.74, 6) is -1.06. The molecule has 0 heterocycles. The molecule has 0 amide bonds. The highest BCUT2D eigenvalue weighted by Gasteiger charge is 2.17. The van der Waals surface area contributed by atoms with Crippen molar-refractivity contribution in [3.8, 4) is 0 Å². The van der Waals surface area contributed by atoms with E-state index in [0.717, 1.165) is 10.0 Å². The Morgan fingerprint density at radius 3 is 2.48 bits per heavy atom. The molecular weight excluding hydrogens is 402 g/mol. The fourth-order valence-corrected chi connectivity index (χ4v) is 3.96. The van der Waals surface area contributed by atoms with Crippen LogP contribution in [0.1, 0.15) is 15.9 Å². The first kappa shape index (κ1) is 17.8. The van der Waals surface area contributed by atoms with E-state index in [0.29, 0.717) is 10.6 Å². The van der Waals surface area contributed by atoms with Gasteiger partial charge in [-0.3, -0.25) is 4.72 Å². The number of benzene rings is 2. The van der Waals surface area contributed by atoms with Gasteiger partial charge in [-0.15, -0.1) is 11.8 Å². The number of thioether (sulfide) groups is 1. The number of halogens is 1. The van der Waals surface area contributed by atoms with Crippen LogP contribution in [0.4, 0.5) is 5.69 Å². The lowest BCUT2D eigenvalue weighted by Gasteiger charge is -2.13. The zero-order valence-electron chi connectivity index (χ0n) is 12.3. The molecule has 0 aliphatic rings. The van der Waals surface area contributed by atoms with Crippen molar-refractivity contribution in [3.63, 3.8) is 0 Å². The Labute approximate surface area is 147 Å². The molecule has 0 aliphatic heterocycles. The van der Waals surface area contributed by atoms with Gasteiger partial charge < -0.3 is 5.11 Å². The quantitative estimate of drug-likeness (QED) is 0.721. The number of rotatable bonds is 5. The van der Waals surface area contributed by atoms with E-state index in [1.807, 2.05) is 0 Å². The number of carbonyl (C=O) groups is 1. The number of hydrogen-bond donors (Lipinski definition) is 2. The van der Waals surface area contributed by atoms with Gasteiger partial charge in [0.05, 0.1) is 16.1 Å². The number of aryl methyl sites for hydroxylation is 1. The first-order chi connectivity index (χ1) is 10.7. The van der Waals surface area contributed by atoms with Gasteiger partial charge in [-0.05, 0) is 55.1 Å². The van der Waals surface area contributed by atoms with E-state index in [-0.39, 0.29) is 10.5 Å². The van der Waals surface area contributed by atoms with Crippen molar-refractivity contribution in [2.24, 2.45) is 0 Å². The summed E-state index contributed by atoms with van der Waals surface area (Å²) in [6.07, 6.45) is 1.75. The Balaban J connectivity index is 2.40. The maximum atomic E-state index is 12.5. The summed E-state index contributed by atoms with van der Waals surface area (Å²) in [6, 6.07) is 9.01. The van der Waals surface area contributed by atoms with E-state index in [9.17, 15) is 13.2 Å².